The van der Waals surface area contributed by atoms with Crippen LogP contribution in [-0.4, -0.2) is 24.7 Å². The highest BCUT2D eigenvalue weighted by Crippen LogP contribution is 2.38. The van der Waals surface area contributed by atoms with Crippen LogP contribution in [0, 0.1) is 5.82 Å². The van der Waals surface area contributed by atoms with Crippen LogP contribution in [0.5, 0.6) is 0 Å². The highest BCUT2D eigenvalue weighted by molar-refractivity contribution is 7.18. The van der Waals surface area contributed by atoms with Crippen molar-refractivity contribution in [2.45, 2.75) is 18.3 Å². The molecule has 1 saturated heterocycles. The van der Waals surface area contributed by atoms with Crippen molar-refractivity contribution in [1.82, 2.24) is 4.98 Å². The minimum Gasteiger partial charge on any atom is -0.381 e. The summed E-state index contributed by atoms with van der Waals surface area (Å²) in [7, 11) is 0. The monoisotopic (exact) mass is 266 g/mol. The maximum Gasteiger partial charge on any atom is 0.125 e. The second kappa shape index (κ2) is 4.57. The number of hydrogen-bond acceptors (Lipinski definition) is 4. The van der Waals surface area contributed by atoms with E-state index in [0.717, 1.165) is 41.3 Å². The number of benzene rings is 1. The summed E-state index contributed by atoms with van der Waals surface area (Å²) in [6.45, 7) is 2.02. The van der Waals surface area contributed by atoms with Crippen LogP contribution in [0.2, 0.25) is 0 Å². The third-order valence-electron chi connectivity index (χ3n) is 3.64. The third-order valence-corrected chi connectivity index (χ3v) is 4.93. The predicted molar refractivity (Wildman–Crippen MR) is 70.4 cm³/mol. The lowest BCUT2D eigenvalue weighted by Gasteiger charge is -2.34. The van der Waals surface area contributed by atoms with Gasteiger partial charge in [0, 0.05) is 31.2 Å². The van der Waals surface area contributed by atoms with Gasteiger partial charge in [0.2, 0.25) is 0 Å². The molecule has 3 nitrogen and oxygen atoms in total. The summed E-state index contributed by atoms with van der Waals surface area (Å²) < 4.78 is 19.6. The Labute approximate surface area is 109 Å². The van der Waals surface area contributed by atoms with Crippen LogP contribution in [0.25, 0.3) is 10.2 Å². The summed E-state index contributed by atoms with van der Waals surface area (Å²) in [5.41, 5.74) is 6.60. The van der Waals surface area contributed by atoms with Gasteiger partial charge in [-0.1, -0.05) is 0 Å². The van der Waals surface area contributed by atoms with E-state index in [1.807, 2.05) is 0 Å². The molecule has 18 heavy (non-hydrogen) atoms. The van der Waals surface area contributed by atoms with E-state index in [1.54, 1.807) is 17.4 Å². The summed E-state index contributed by atoms with van der Waals surface area (Å²) in [5.74, 6) is -0.242. The molecule has 0 radical (unpaired) electrons. The van der Waals surface area contributed by atoms with Crippen molar-refractivity contribution in [3.8, 4) is 0 Å². The molecule has 2 aromatic rings. The zero-order chi connectivity index (χ0) is 12.6. The normalized spacial score (nSPS) is 19.2. The van der Waals surface area contributed by atoms with Gasteiger partial charge in [0.15, 0.2) is 0 Å². The zero-order valence-electron chi connectivity index (χ0n) is 9.99. The first-order valence-electron chi connectivity index (χ1n) is 6.08. The molecule has 96 valence electrons. The number of thiazole rings is 1. The molecule has 1 aromatic carbocycles. The number of ether oxygens (including phenoxy) is 1. The minimum atomic E-state index is -0.242. The summed E-state index contributed by atoms with van der Waals surface area (Å²) in [6, 6.07) is 4.75. The van der Waals surface area contributed by atoms with Gasteiger partial charge in [-0.15, -0.1) is 11.3 Å². The first kappa shape index (κ1) is 12.0. The number of fused-ring (bicyclic) bond motifs is 1. The minimum absolute atomic E-state index is 0.0849. The fraction of sp³-hybridized carbons (Fsp3) is 0.462. The molecule has 0 atom stereocenters. The topological polar surface area (TPSA) is 48.1 Å². The van der Waals surface area contributed by atoms with Crippen LogP contribution < -0.4 is 5.73 Å². The summed E-state index contributed by atoms with van der Waals surface area (Å²) in [4.78, 5) is 4.58. The van der Waals surface area contributed by atoms with E-state index in [-0.39, 0.29) is 11.2 Å². The van der Waals surface area contributed by atoms with E-state index in [1.165, 1.54) is 12.1 Å². The van der Waals surface area contributed by atoms with Crippen molar-refractivity contribution in [2.24, 2.45) is 5.73 Å². The molecule has 3 rings (SSSR count). The molecule has 5 heteroatoms. The highest BCUT2D eigenvalue weighted by Gasteiger charge is 2.36. The quantitative estimate of drug-likeness (QED) is 0.908. The van der Waals surface area contributed by atoms with Crippen molar-refractivity contribution in [3.05, 3.63) is 29.0 Å². The Morgan fingerprint density at radius 2 is 2.17 bits per heavy atom. The third kappa shape index (κ3) is 1.92. The van der Waals surface area contributed by atoms with Crippen LogP contribution in [0.1, 0.15) is 17.8 Å². The van der Waals surface area contributed by atoms with Crippen LogP contribution in [0.15, 0.2) is 18.2 Å². The molecule has 2 N–H and O–H groups in total. The average Bonchev–Trinajstić information content (AvgIpc) is 2.83. The van der Waals surface area contributed by atoms with Gasteiger partial charge in [0.1, 0.15) is 10.8 Å². The second-order valence-electron chi connectivity index (χ2n) is 4.73. The molecule has 0 aliphatic carbocycles. The van der Waals surface area contributed by atoms with E-state index >= 15 is 0 Å². The largest absolute Gasteiger partial charge is 0.381 e. The Kier molecular flexibility index (Phi) is 3.05. The van der Waals surface area contributed by atoms with Crippen LogP contribution >= 0.6 is 11.3 Å². The maximum atomic E-state index is 13.2. The van der Waals surface area contributed by atoms with Crippen molar-refractivity contribution < 1.29 is 9.13 Å². The van der Waals surface area contributed by atoms with Gasteiger partial charge in [-0.3, -0.25) is 0 Å². The van der Waals surface area contributed by atoms with Gasteiger partial charge in [-0.2, -0.15) is 0 Å². The number of rotatable bonds is 2. The number of nitrogens with zero attached hydrogens (tertiary/aromatic N) is 1. The van der Waals surface area contributed by atoms with Crippen LogP contribution in [0.4, 0.5) is 4.39 Å². The lowest BCUT2D eigenvalue weighted by molar-refractivity contribution is 0.0529. The van der Waals surface area contributed by atoms with Crippen molar-refractivity contribution in [1.29, 1.82) is 0 Å². The van der Waals surface area contributed by atoms with Gasteiger partial charge in [0.25, 0.3) is 0 Å². The van der Waals surface area contributed by atoms with Gasteiger partial charge < -0.3 is 10.5 Å². The van der Waals surface area contributed by atoms with Gasteiger partial charge >= 0.3 is 0 Å². The fourth-order valence-electron chi connectivity index (χ4n) is 2.39. The molecule has 1 aliphatic rings. The summed E-state index contributed by atoms with van der Waals surface area (Å²) >= 11 is 1.62. The predicted octanol–water partition coefficient (Wildman–Crippen LogP) is 2.44. The summed E-state index contributed by atoms with van der Waals surface area (Å²) in [6.07, 6.45) is 1.79. The molecular weight excluding hydrogens is 251 g/mol. The average molecular weight is 266 g/mol. The summed E-state index contributed by atoms with van der Waals surface area (Å²) in [5, 5.41) is 1.02. The molecule has 0 saturated carbocycles. The maximum absolute atomic E-state index is 13.2. The van der Waals surface area contributed by atoms with Gasteiger partial charge in [-0.25, -0.2) is 9.37 Å². The standard InChI is InChI=1S/C13H15FN2OS/c14-9-1-2-11-10(7-9)16-12(18-11)13(8-15)3-5-17-6-4-13/h1-2,7H,3-6,8,15H2. The Balaban J connectivity index is 2.06. The molecule has 0 bridgehead atoms. The number of hydrogen-bond donors (Lipinski definition) is 1. The van der Waals surface area contributed by atoms with Gasteiger partial charge in [0.05, 0.1) is 10.2 Å². The first-order valence-corrected chi connectivity index (χ1v) is 6.90. The molecule has 1 aromatic heterocycles. The number of aromatic nitrogens is 1. The Morgan fingerprint density at radius 3 is 2.89 bits per heavy atom. The lowest BCUT2D eigenvalue weighted by Crippen LogP contribution is -2.40. The molecule has 0 unspecified atom stereocenters. The van der Waals surface area contributed by atoms with E-state index in [2.05, 4.69) is 4.98 Å². The number of halogens is 1. The van der Waals surface area contributed by atoms with E-state index in [9.17, 15) is 4.39 Å². The second-order valence-corrected chi connectivity index (χ2v) is 5.76. The lowest BCUT2D eigenvalue weighted by atomic mass is 9.81. The fourth-order valence-corrected chi connectivity index (χ4v) is 3.60. The number of nitrogens with two attached hydrogens (primary N) is 1. The Bertz CT molecular complexity index is 563. The molecule has 2 heterocycles. The molecular formula is C13H15FN2OS. The van der Waals surface area contributed by atoms with Crippen molar-refractivity contribution in [3.63, 3.8) is 0 Å². The van der Waals surface area contributed by atoms with Crippen LogP contribution in [-0.2, 0) is 10.2 Å². The van der Waals surface area contributed by atoms with Gasteiger partial charge in [-0.05, 0) is 25.0 Å². The Morgan fingerprint density at radius 1 is 1.39 bits per heavy atom. The highest BCUT2D eigenvalue weighted by atomic mass is 32.1. The van der Waals surface area contributed by atoms with E-state index < -0.39 is 0 Å². The SMILES string of the molecule is NCC1(c2nc3cc(F)ccc3s2)CCOCC1. The smallest absolute Gasteiger partial charge is 0.125 e. The molecule has 0 amide bonds. The van der Waals surface area contributed by atoms with Crippen LogP contribution in [0.3, 0.4) is 0 Å². The Hall–Kier alpha value is -1.04. The molecule has 1 fully saturated rings. The first-order chi connectivity index (χ1) is 8.73. The van der Waals surface area contributed by atoms with E-state index in [4.69, 9.17) is 10.5 Å². The van der Waals surface area contributed by atoms with Crippen molar-refractivity contribution >= 4 is 21.6 Å². The zero-order valence-corrected chi connectivity index (χ0v) is 10.8. The van der Waals surface area contributed by atoms with Crippen molar-refractivity contribution in [2.75, 3.05) is 19.8 Å². The van der Waals surface area contributed by atoms with E-state index in [0.29, 0.717) is 6.54 Å². The molecule has 1 aliphatic heterocycles. The molecule has 0 spiro atoms.